The van der Waals surface area contributed by atoms with Gasteiger partial charge in [0, 0.05) is 25.0 Å². The zero-order chi connectivity index (χ0) is 11.1. The van der Waals surface area contributed by atoms with Crippen molar-refractivity contribution in [2.75, 3.05) is 0 Å². The van der Waals surface area contributed by atoms with E-state index in [0.29, 0.717) is 0 Å². The third-order valence-corrected chi connectivity index (χ3v) is 1.99. The van der Waals surface area contributed by atoms with E-state index in [1.165, 1.54) is 12.1 Å². The fourth-order valence-electron chi connectivity index (χ4n) is 1.20. The van der Waals surface area contributed by atoms with Gasteiger partial charge in [-0.1, -0.05) is 19.1 Å². The molecule has 0 aliphatic rings. The molecule has 78 valence electrons. The summed E-state index contributed by atoms with van der Waals surface area (Å²) >= 11 is 0. The Labute approximate surface area is 89.3 Å². The monoisotopic (exact) mass is 203 g/mol. The van der Waals surface area contributed by atoms with Crippen LogP contribution in [0.25, 0.3) is 0 Å². The molecule has 0 aliphatic heterocycles. The molecule has 0 N–H and O–H groups in total. The van der Waals surface area contributed by atoms with E-state index in [2.05, 4.69) is 11.8 Å². The summed E-state index contributed by atoms with van der Waals surface area (Å²) in [5.41, 5.74) is 1.23. The molecule has 3 heteroatoms. The fourth-order valence-corrected chi connectivity index (χ4v) is 1.20. The van der Waals surface area contributed by atoms with Crippen LogP contribution in [0.15, 0.2) is 24.3 Å². The van der Waals surface area contributed by atoms with Crippen LogP contribution >= 0.6 is 0 Å². The Kier molecular flexibility index (Phi) is 4.36. The zero-order valence-electron chi connectivity index (χ0n) is 8.69. The summed E-state index contributed by atoms with van der Waals surface area (Å²) in [5, 5.41) is 10.4. The van der Waals surface area contributed by atoms with Gasteiger partial charge in [0.15, 0.2) is 0 Å². The maximum atomic E-state index is 10.4. The van der Waals surface area contributed by atoms with E-state index >= 15 is 0 Å². The van der Waals surface area contributed by atoms with Crippen molar-refractivity contribution < 1.29 is 4.92 Å². The molecule has 0 bridgehead atoms. The normalized spacial score (nSPS) is 9.13. The molecule has 0 saturated carbocycles. The number of nitrogens with zero attached hydrogens (tertiary/aromatic N) is 1. The summed E-state index contributed by atoms with van der Waals surface area (Å²) in [6, 6.07) is 6.63. The summed E-state index contributed by atoms with van der Waals surface area (Å²) in [4.78, 5) is 10.0. The third-order valence-electron chi connectivity index (χ3n) is 1.99. The number of nitro benzene ring substituents is 1. The van der Waals surface area contributed by atoms with Crippen LogP contribution in [0.3, 0.4) is 0 Å². The Hall–Kier alpha value is -1.82. The number of non-ortho nitro benzene ring substituents is 1. The fraction of sp³-hybridized carbons (Fsp3) is 0.333. The quantitative estimate of drug-likeness (QED) is 0.430. The van der Waals surface area contributed by atoms with Crippen molar-refractivity contribution in [1.29, 1.82) is 0 Å². The number of benzene rings is 1. The number of hydrogen-bond acceptors (Lipinski definition) is 2. The molecule has 0 spiro atoms. The molecule has 0 unspecified atom stereocenters. The predicted octanol–water partition coefficient (Wildman–Crippen LogP) is 2.94. The molecule has 1 aromatic rings. The van der Waals surface area contributed by atoms with E-state index in [4.69, 9.17) is 0 Å². The maximum Gasteiger partial charge on any atom is 0.269 e. The van der Waals surface area contributed by atoms with E-state index in [-0.39, 0.29) is 10.6 Å². The summed E-state index contributed by atoms with van der Waals surface area (Å²) in [5.74, 6) is 6.03. The van der Waals surface area contributed by atoms with Crippen molar-refractivity contribution >= 4 is 5.69 Å². The lowest BCUT2D eigenvalue weighted by atomic mass is 10.1. The van der Waals surface area contributed by atoms with Gasteiger partial charge in [0.1, 0.15) is 0 Å². The second-order valence-electron chi connectivity index (χ2n) is 3.13. The number of aryl methyl sites for hydroxylation is 1. The lowest BCUT2D eigenvalue weighted by molar-refractivity contribution is -0.384. The van der Waals surface area contributed by atoms with E-state index in [0.717, 1.165) is 24.8 Å². The van der Waals surface area contributed by atoms with Gasteiger partial charge in [-0.15, -0.1) is 11.8 Å². The smallest absolute Gasteiger partial charge is 0.258 e. The van der Waals surface area contributed by atoms with Gasteiger partial charge in [-0.25, -0.2) is 0 Å². The lowest BCUT2D eigenvalue weighted by Crippen LogP contribution is -1.89. The van der Waals surface area contributed by atoms with Gasteiger partial charge in [-0.2, -0.15) is 0 Å². The first kappa shape index (κ1) is 11.3. The van der Waals surface area contributed by atoms with Crippen LogP contribution in [0, 0.1) is 22.0 Å². The highest BCUT2D eigenvalue weighted by Crippen LogP contribution is 2.12. The number of hydrogen-bond donors (Lipinski definition) is 0. The van der Waals surface area contributed by atoms with Crippen molar-refractivity contribution in [2.24, 2.45) is 0 Å². The Morgan fingerprint density at radius 1 is 1.27 bits per heavy atom. The molecule has 15 heavy (non-hydrogen) atoms. The average Bonchev–Trinajstić information content (AvgIpc) is 2.25. The van der Waals surface area contributed by atoms with Crippen LogP contribution in [0.4, 0.5) is 5.69 Å². The summed E-state index contributed by atoms with van der Waals surface area (Å²) in [6.45, 7) is 2.01. The molecule has 1 rings (SSSR count). The minimum absolute atomic E-state index is 0.137. The molecule has 0 atom stereocenters. The second-order valence-corrected chi connectivity index (χ2v) is 3.13. The number of nitro groups is 1. The van der Waals surface area contributed by atoms with Crippen molar-refractivity contribution in [3.63, 3.8) is 0 Å². The molecule has 0 heterocycles. The minimum atomic E-state index is -0.388. The predicted molar refractivity (Wildman–Crippen MR) is 59.5 cm³/mol. The van der Waals surface area contributed by atoms with Gasteiger partial charge in [0.25, 0.3) is 5.69 Å². The first-order valence-corrected chi connectivity index (χ1v) is 4.93. The molecule has 0 fully saturated rings. The van der Waals surface area contributed by atoms with Crippen LogP contribution < -0.4 is 0 Å². The molecular weight excluding hydrogens is 190 g/mol. The first-order chi connectivity index (χ1) is 7.24. The summed E-state index contributed by atoms with van der Waals surface area (Å²) in [6.07, 6.45) is 2.54. The van der Waals surface area contributed by atoms with E-state index in [1.54, 1.807) is 12.1 Å². The summed E-state index contributed by atoms with van der Waals surface area (Å²) in [7, 11) is 0. The van der Waals surface area contributed by atoms with Crippen molar-refractivity contribution in [3.05, 3.63) is 39.9 Å². The van der Waals surface area contributed by atoms with Gasteiger partial charge in [-0.05, 0) is 12.0 Å². The molecule has 0 aromatic heterocycles. The van der Waals surface area contributed by atoms with Crippen LogP contribution in [-0.2, 0) is 6.42 Å². The highest BCUT2D eigenvalue weighted by Gasteiger charge is 2.02. The Morgan fingerprint density at radius 2 is 1.93 bits per heavy atom. The largest absolute Gasteiger partial charge is 0.269 e. The SMILES string of the molecule is CCC#CCCc1ccc([N+](=O)[O-])cc1. The Balaban J connectivity index is 2.53. The van der Waals surface area contributed by atoms with E-state index in [1.807, 2.05) is 6.92 Å². The van der Waals surface area contributed by atoms with Gasteiger partial charge < -0.3 is 0 Å². The molecule has 0 radical (unpaired) electrons. The van der Waals surface area contributed by atoms with Gasteiger partial charge in [-0.3, -0.25) is 10.1 Å². The Morgan fingerprint density at radius 3 is 2.47 bits per heavy atom. The molecule has 0 amide bonds. The highest BCUT2D eigenvalue weighted by atomic mass is 16.6. The molecule has 3 nitrogen and oxygen atoms in total. The molecule has 1 aromatic carbocycles. The zero-order valence-corrected chi connectivity index (χ0v) is 8.69. The molecule has 0 aliphatic carbocycles. The third kappa shape index (κ3) is 3.82. The number of rotatable bonds is 3. The molecule has 0 saturated heterocycles. The lowest BCUT2D eigenvalue weighted by Gasteiger charge is -1.96. The minimum Gasteiger partial charge on any atom is -0.258 e. The molecular formula is C12H13NO2. The topological polar surface area (TPSA) is 43.1 Å². The Bertz CT molecular complexity index is 384. The highest BCUT2D eigenvalue weighted by molar-refractivity contribution is 5.33. The summed E-state index contributed by atoms with van der Waals surface area (Å²) < 4.78 is 0. The van der Waals surface area contributed by atoms with Crippen molar-refractivity contribution in [3.8, 4) is 11.8 Å². The van der Waals surface area contributed by atoms with Crippen LogP contribution in [0.1, 0.15) is 25.3 Å². The van der Waals surface area contributed by atoms with Crippen LogP contribution in [0.2, 0.25) is 0 Å². The van der Waals surface area contributed by atoms with Gasteiger partial charge in [0.2, 0.25) is 0 Å². The average molecular weight is 203 g/mol. The van der Waals surface area contributed by atoms with E-state index in [9.17, 15) is 10.1 Å². The van der Waals surface area contributed by atoms with Gasteiger partial charge >= 0.3 is 0 Å². The second kappa shape index (κ2) is 5.82. The van der Waals surface area contributed by atoms with Crippen LogP contribution in [0.5, 0.6) is 0 Å². The van der Waals surface area contributed by atoms with Crippen molar-refractivity contribution in [2.45, 2.75) is 26.2 Å². The maximum absolute atomic E-state index is 10.4. The van der Waals surface area contributed by atoms with E-state index < -0.39 is 0 Å². The first-order valence-electron chi connectivity index (χ1n) is 4.93. The van der Waals surface area contributed by atoms with Gasteiger partial charge in [0.05, 0.1) is 4.92 Å². The van der Waals surface area contributed by atoms with Crippen LogP contribution in [-0.4, -0.2) is 4.92 Å². The standard InChI is InChI=1S/C12H13NO2/c1-2-3-4-5-6-11-7-9-12(10-8-11)13(14)15/h7-10H,2,5-6H2,1H3. The van der Waals surface area contributed by atoms with Crippen molar-refractivity contribution in [1.82, 2.24) is 0 Å².